The smallest absolute Gasteiger partial charge is 0.107 e. The van der Waals surface area contributed by atoms with E-state index in [-0.39, 0.29) is 0 Å². The minimum absolute atomic E-state index is 0.672. The number of nitrogens with zero attached hydrogens (tertiary/aromatic N) is 2. The van der Waals surface area contributed by atoms with Gasteiger partial charge in [0.1, 0.15) is 5.01 Å². The molecule has 0 fully saturated rings. The normalized spacial score (nSPS) is 11.0. The van der Waals surface area contributed by atoms with Crippen LogP contribution in [0.2, 0.25) is 0 Å². The average Bonchev–Trinajstić information content (AvgIpc) is 2.78. The molecule has 0 bridgehead atoms. The maximum absolute atomic E-state index is 4.57. The van der Waals surface area contributed by atoms with Gasteiger partial charge >= 0.3 is 0 Å². The van der Waals surface area contributed by atoms with E-state index in [0.29, 0.717) is 5.92 Å². The lowest BCUT2D eigenvalue weighted by atomic mass is 10.2. The third-order valence-corrected chi connectivity index (χ3v) is 3.16. The summed E-state index contributed by atoms with van der Waals surface area (Å²) in [6.07, 6.45) is 1.80. The van der Waals surface area contributed by atoms with Crippen LogP contribution in [0.1, 0.15) is 18.9 Å². The Morgan fingerprint density at radius 1 is 1.29 bits per heavy atom. The molecule has 0 radical (unpaired) electrons. The molecule has 0 aliphatic rings. The largest absolute Gasteiger partial charge is 0.310 e. The Kier molecular flexibility index (Phi) is 4.23. The molecule has 0 aromatic carbocycles. The van der Waals surface area contributed by atoms with Gasteiger partial charge in [-0.3, -0.25) is 4.98 Å². The highest BCUT2D eigenvalue weighted by molar-refractivity contribution is 7.09. The Morgan fingerprint density at radius 3 is 2.88 bits per heavy atom. The summed E-state index contributed by atoms with van der Waals surface area (Å²) in [7, 11) is 0. The fourth-order valence-corrected chi connectivity index (χ4v) is 2.25. The Hall–Kier alpha value is -1.26. The van der Waals surface area contributed by atoms with Crippen LogP contribution in [0.3, 0.4) is 0 Å². The van der Waals surface area contributed by atoms with Crippen molar-refractivity contribution in [2.45, 2.75) is 20.4 Å². The van der Waals surface area contributed by atoms with Crippen LogP contribution in [0.15, 0.2) is 29.8 Å². The van der Waals surface area contributed by atoms with Crippen LogP contribution < -0.4 is 5.32 Å². The van der Waals surface area contributed by atoms with Crippen molar-refractivity contribution < 1.29 is 0 Å². The van der Waals surface area contributed by atoms with Gasteiger partial charge in [-0.05, 0) is 24.6 Å². The van der Waals surface area contributed by atoms with Gasteiger partial charge in [0.15, 0.2) is 0 Å². The maximum atomic E-state index is 4.57. The van der Waals surface area contributed by atoms with Gasteiger partial charge in [0, 0.05) is 18.1 Å². The predicted octanol–water partition coefficient (Wildman–Crippen LogP) is 2.95. The first-order valence-corrected chi connectivity index (χ1v) is 6.70. The fourth-order valence-electron chi connectivity index (χ4n) is 1.49. The number of hydrogen-bond donors (Lipinski definition) is 1. The lowest BCUT2D eigenvalue weighted by molar-refractivity contribution is 0.551. The van der Waals surface area contributed by atoms with Crippen LogP contribution in [0.4, 0.5) is 0 Å². The van der Waals surface area contributed by atoms with Crippen molar-refractivity contribution in [3.63, 3.8) is 0 Å². The molecule has 0 aliphatic carbocycles. The number of pyridine rings is 1. The van der Waals surface area contributed by atoms with Gasteiger partial charge in [0.2, 0.25) is 0 Å². The molecule has 0 saturated heterocycles. The monoisotopic (exact) mass is 247 g/mol. The number of thiazole rings is 1. The van der Waals surface area contributed by atoms with Crippen LogP contribution in [0.5, 0.6) is 0 Å². The summed E-state index contributed by atoms with van der Waals surface area (Å²) in [4.78, 5) is 8.87. The second kappa shape index (κ2) is 5.89. The summed E-state index contributed by atoms with van der Waals surface area (Å²) < 4.78 is 0. The van der Waals surface area contributed by atoms with Gasteiger partial charge in [-0.15, -0.1) is 11.3 Å². The van der Waals surface area contributed by atoms with Gasteiger partial charge in [0.25, 0.3) is 0 Å². The van der Waals surface area contributed by atoms with Crippen molar-refractivity contribution >= 4 is 11.3 Å². The Labute approximate surface area is 106 Å². The molecule has 1 N–H and O–H groups in total. The summed E-state index contributed by atoms with van der Waals surface area (Å²) in [6, 6.07) is 5.89. The van der Waals surface area contributed by atoms with Gasteiger partial charge in [-0.1, -0.05) is 19.9 Å². The summed E-state index contributed by atoms with van der Waals surface area (Å²) >= 11 is 1.68. The molecule has 0 spiro atoms. The zero-order chi connectivity index (χ0) is 12.1. The maximum Gasteiger partial charge on any atom is 0.107 e. The van der Waals surface area contributed by atoms with Crippen molar-refractivity contribution in [3.05, 3.63) is 34.8 Å². The molecule has 2 heterocycles. The van der Waals surface area contributed by atoms with Crippen LogP contribution in [0, 0.1) is 5.92 Å². The van der Waals surface area contributed by atoms with E-state index >= 15 is 0 Å². The number of rotatable bonds is 5. The molecule has 0 aliphatic heterocycles. The zero-order valence-electron chi connectivity index (χ0n) is 10.2. The van der Waals surface area contributed by atoms with Crippen molar-refractivity contribution in [3.8, 4) is 11.4 Å². The van der Waals surface area contributed by atoms with E-state index in [1.165, 1.54) is 0 Å². The second-order valence-corrected chi connectivity index (χ2v) is 5.31. The predicted molar refractivity (Wildman–Crippen MR) is 71.9 cm³/mol. The SMILES string of the molecule is CC(C)CNCc1nc(-c2ccccn2)cs1. The number of hydrogen-bond acceptors (Lipinski definition) is 4. The number of aromatic nitrogens is 2. The first-order valence-electron chi connectivity index (χ1n) is 5.82. The Morgan fingerprint density at radius 2 is 2.18 bits per heavy atom. The third kappa shape index (κ3) is 3.61. The van der Waals surface area contributed by atoms with E-state index < -0.39 is 0 Å². The molecule has 90 valence electrons. The van der Waals surface area contributed by atoms with Crippen molar-refractivity contribution in [2.24, 2.45) is 5.92 Å². The molecule has 2 aromatic rings. The van der Waals surface area contributed by atoms with E-state index in [4.69, 9.17) is 0 Å². The van der Waals surface area contributed by atoms with Gasteiger partial charge in [-0.2, -0.15) is 0 Å². The molecule has 0 unspecified atom stereocenters. The molecule has 2 rings (SSSR count). The summed E-state index contributed by atoms with van der Waals surface area (Å²) in [6.45, 7) is 6.27. The molecule has 0 amide bonds. The second-order valence-electron chi connectivity index (χ2n) is 4.37. The van der Waals surface area contributed by atoms with Crippen LogP contribution >= 0.6 is 11.3 Å². The van der Waals surface area contributed by atoms with Gasteiger partial charge < -0.3 is 5.32 Å². The molecule has 2 aromatic heterocycles. The topological polar surface area (TPSA) is 37.8 Å². The van der Waals surface area contributed by atoms with E-state index in [1.807, 2.05) is 18.2 Å². The molecule has 4 heteroatoms. The van der Waals surface area contributed by atoms with Gasteiger partial charge in [-0.25, -0.2) is 4.98 Å². The highest BCUT2D eigenvalue weighted by Gasteiger charge is 2.04. The summed E-state index contributed by atoms with van der Waals surface area (Å²) in [5.74, 6) is 0.672. The van der Waals surface area contributed by atoms with E-state index in [0.717, 1.165) is 29.5 Å². The number of nitrogens with one attached hydrogen (secondary N) is 1. The lowest BCUT2D eigenvalue weighted by Gasteiger charge is -2.04. The Bertz CT molecular complexity index is 451. The molecule has 3 nitrogen and oxygen atoms in total. The summed E-state index contributed by atoms with van der Waals surface area (Å²) in [5.41, 5.74) is 1.91. The quantitative estimate of drug-likeness (QED) is 0.882. The molecular weight excluding hydrogens is 230 g/mol. The average molecular weight is 247 g/mol. The highest BCUT2D eigenvalue weighted by atomic mass is 32.1. The lowest BCUT2D eigenvalue weighted by Crippen LogP contribution is -2.18. The van der Waals surface area contributed by atoms with Crippen LogP contribution in [-0.2, 0) is 6.54 Å². The first kappa shape index (κ1) is 12.2. The van der Waals surface area contributed by atoms with E-state index in [9.17, 15) is 0 Å². The molecule has 17 heavy (non-hydrogen) atoms. The van der Waals surface area contributed by atoms with Crippen LogP contribution in [0.25, 0.3) is 11.4 Å². The van der Waals surface area contributed by atoms with Crippen molar-refractivity contribution in [2.75, 3.05) is 6.54 Å². The van der Waals surface area contributed by atoms with E-state index in [2.05, 4.69) is 34.5 Å². The minimum Gasteiger partial charge on any atom is -0.310 e. The Balaban J connectivity index is 1.97. The highest BCUT2D eigenvalue weighted by Crippen LogP contribution is 2.19. The standard InChI is InChI=1S/C13H17N3S/c1-10(2)7-14-8-13-16-12(9-17-13)11-5-3-4-6-15-11/h3-6,9-10,14H,7-8H2,1-2H3. The van der Waals surface area contributed by atoms with Crippen molar-refractivity contribution in [1.82, 2.24) is 15.3 Å². The zero-order valence-corrected chi connectivity index (χ0v) is 11.0. The van der Waals surface area contributed by atoms with Crippen LogP contribution in [-0.4, -0.2) is 16.5 Å². The molecule has 0 atom stereocenters. The van der Waals surface area contributed by atoms with Gasteiger partial charge in [0.05, 0.1) is 11.4 Å². The molecular formula is C13H17N3S. The summed E-state index contributed by atoms with van der Waals surface area (Å²) in [5, 5.41) is 6.57. The molecule has 0 saturated carbocycles. The van der Waals surface area contributed by atoms with E-state index in [1.54, 1.807) is 17.5 Å². The fraction of sp³-hybridized carbons (Fsp3) is 0.385. The first-order chi connectivity index (χ1) is 8.25. The minimum atomic E-state index is 0.672. The third-order valence-electron chi connectivity index (χ3n) is 2.31. The van der Waals surface area contributed by atoms with Crippen molar-refractivity contribution in [1.29, 1.82) is 0 Å².